The fourth-order valence-electron chi connectivity index (χ4n) is 2.47. The minimum absolute atomic E-state index is 0.161. The number of carbonyl (C=O) groups is 2. The summed E-state index contributed by atoms with van der Waals surface area (Å²) in [5, 5.41) is 14.0. The number of aliphatic carboxylic acids is 1. The first-order valence-electron chi connectivity index (χ1n) is 6.92. The highest BCUT2D eigenvalue weighted by Crippen LogP contribution is 2.19. The molecule has 0 aromatic carbocycles. The van der Waals surface area contributed by atoms with Gasteiger partial charge < -0.3 is 15.3 Å². The maximum absolute atomic E-state index is 12.1. The molecule has 2 N–H and O–H groups in total. The Morgan fingerprint density at radius 2 is 2.35 bits per heavy atom. The maximum atomic E-state index is 12.1. The van der Waals surface area contributed by atoms with Crippen molar-refractivity contribution in [2.24, 2.45) is 5.92 Å². The van der Waals surface area contributed by atoms with Gasteiger partial charge in [-0.05, 0) is 36.3 Å². The van der Waals surface area contributed by atoms with E-state index in [0.717, 1.165) is 12.8 Å². The van der Waals surface area contributed by atoms with E-state index in [0.29, 0.717) is 26.1 Å². The number of rotatable bonds is 4. The lowest BCUT2D eigenvalue weighted by molar-refractivity contribution is -0.143. The average molecular weight is 296 g/mol. The third-order valence-electron chi connectivity index (χ3n) is 3.68. The van der Waals surface area contributed by atoms with E-state index in [9.17, 15) is 9.59 Å². The van der Waals surface area contributed by atoms with Gasteiger partial charge in [0.1, 0.15) is 0 Å². The number of nitrogens with zero attached hydrogens (tertiary/aromatic N) is 1. The minimum atomic E-state index is -0.811. The second-order valence-electron chi connectivity index (χ2n) is 5.00. The quantitative estimate of drug-likeness (QED) is 0.896. The number of carboxylic acids is 1. The van der Waals surface area contributed by atoms with E-state index in [2.05, 4.69) is 18.3 Å². The Morgan fingerprint density at radius 3 is 3.05 bits per heavy atom. The number of hydrogen-bond acceptors (Lipinski definition) is 3. The van der Waals surface area contributed by atoms with Gasteiger partial charge in [-0.3, -0.25) is 4.79 Å². The van der Waals surface area contributed by atoms with Crippen LogP contribution in [0.15, 0.2) is 11.4 Å². The van der Waals surface area contributed by atoms with Crippen LogP contribution in [0.1, 0.15) is 30.2 Å². The van der Waals surface area contributed by atoms with Crippen molar-refractivity contribution in [2.45, 2.75) is 32.7 Å². The van der Waals surface area contributed by atoms with Gasteiger partial charge in [-0.1, -0.05) is 6.92 Å². The third-order valence-corrected chi connectivity index (χ3v) is 4.64. The summed E-state index contributed by atoms with van der Waals surface area (Å²) in [6.07, 6.45) is 2.37. The summed E-state index contributed by atoms with van der Waals surface area (Å²) < 4.78 is 0. The van der Waals surface area contributed by atoms with Crippen LogP contribution in [0.3, 0.4) is 0 Å². The molecule has 0 aliphatic carbocycles. The van der Waals surface area contributed by atoms with Gasteiger partial charge in [0.15, 0.2) is 0 Å². The van der Waals surface area contributed by atoms with Crippen LogP contribution in [0, 0.1) is 5.92 Å². The second kappa shape index (κ2) is 6.74. The lowest BCUT2D eigenvalue weighted by atomic mass is 9.99. The van der Waals surface area contributed by atoms with Crippen molar-refractivity contribution in [1.29, 1.82) is 0 Å². The number of nitrogens with one attached hydrogen (secondary N) is 1. The van der Waals surface area contributed by atoms with E-state index in [4.69, 9.17) is 5.11 Å². The van der Waals surface area contributed by atoms with Gasteiger partial charge in [0.05, 0.1) is 12.5 Å². The van der Waals surface area contributed by atoms with Gasteiger partial charge in [-0.2, -0.15) is 0 Å². The zero-order chi connectivity index (χ0) is 14.5. The van der Waals surface area contributed by atoms with Crippen molar-refractivity contribution in [1.82, 2.24) is 10.2 Å². The molecular formula is C14H20N2O3S. The zero-order valence-corrected chi connectivity index (χ0v) is 12.4. The Bertz CT molecular complexity index is 487. The summed E-state index contributed by atoms with van der Waals surface area (Å²) in [6, 6.07) is 1.92. The molecule has 1 aliphatic rings. The molecule has 1 aliphatic heterocycles. The van der Waals surface area contributed by atoms with Gasteiger partial charge in [0, 0.05) is 18.0 Å². The molecule has 1 atom stereocenters. The number of likely N-dealkylation sites (tertiary alicyclic amines) is 1. The highest BCUT2D eigenvalue weighted by atomic mass is 32.1. The smallest absolute Gasteiger partial charge is 0.317 e. The number of carbonyl (C=O) groups excluding carboxylic acids is 1. The van der Waals surface area contributed by atoms with Crippen molar-refractivity contribution in [3.05, 3.63) is 21.9 Å². The summed E-state index contributed by atoms with van der Waals surface area (Å²) in [7, 11) is 0. The standard InChI is InChI=1S/C14H20N2O3S/c1-2-10-5-7-20-12(10)8-15-14(19)16-6-3-4-11(9-16)13(17)18/h5,7,11H,2-4,6,8-9H2,1H3,(H,15,19)(H,17,18)/t11-/m0/s1. The van der Waals surface area contributed by atoms with Gasteiger partial charge in [0.2, 0.25) is 0 Å². The maximum Gasteiger partial charge on any atom is 0.317 e. The Labute approximate surface area is 122 Å². The van der Waals surface area contributed by atoms with Gasteiger partial charge >= 0.3 is 12.0 Å². The molecule has 0 spiro atoms. The Hall–Kier alpha value is -1.56. The Balaban J connectivity index is 1.87. The number of piperidine rings is 1. The molecule has 0 bridgehead atoms. The van der Waals surface area contributed by atoms with E-state index in [1.807, 2.05) is 5.38 Å². The van der Waals surface area contributed by atoms with E-state index in [1.165, 1.54) is 10.4 Å². The highest BCUT2D eigenvalue weighted by molar-refractivity contribution is 7.10. The van der Waals surface area contributed by atoms with E-state index in [1.54, 1.807) is 16.2 Å². The number of amides is 2. The van der Waals surface area contributed by atoms with Crippen molar-refractivity contribution in [3.8, 4) is 0 Å². The monoisotopic (exact) mass is 296 g/mol. The number of thiophene rings is 1. The largest absolute Gasteiger partial charge is 0.481 e. The van der Waals surface area contributed by atoms with Crippen LogP contribution in [0.4, 0.5) is 4.79 Å². The lowest BCUT2D eigenvalue weighted by Gasteiger charge is -2.30. The summed E-state index contributed by atoms with van der Waals surface area (Å²) in [5.41, 5.74) is 1.26. The van der Waals surface area contributed by atoms with Crippen LogP contribution >= 0.6 is 11.3 Å². The molecule has 1 fully saturated rings. The lowest BCUT2D eigenvalue weighted by Crippen LogP contribution is -2.46. The van der Waals surface area contributed by atoms with E-state index in [-0.39, 0.29) is 6.03 Å². The molecule has 6 heteroatoms. The molecule has 2 heterocycles. The fraction of sp³-hybridized carbons (Fsp3) is 0.571. The summed E-state index contributed by atoms with van der Waals surface area (Å²) in [5.74, 6) is -1.24. The van der Waals surface area contributed by atoms with Crippen molar-refractivity contribution >= 4 is 23.3 Å². The number of aryl methyl sites for hydroxylation is 1. The molecule has 0 radical (unpaired) electrons. The molecule has 20 heavy (non-hydrogen) atoms. The van der Waals surface area contributed by atoms with Crippen LogP contribution in [-0.2, 0) is 17.8 Å². The topological polar surface area (TPSA) is 69.6 Å². The van der Waals surface area contributed by atoms with Crippen molar-refractivity contribution in [3.63, 3.8) is 0 Å². The Kier molecular flexibility index (Phi) is 5.00. The van der Waals surface area contributed by atoms with Gasteiger partial charge in [-0.15, -0.1) is 11.3 Å². The Morgan fingerprint density at radius 1 is 1.55 bits per heavy atom. The average Bonchev–Trinajstić information content (AvgIpc) is 2.92. The number of carboxylic acid groups (broad SMARTS) is 1. The predicted molar refractivity (Wildman–Crippen MR) is 77.9 cm³/mol. The summed E-state index contributed by atoms with van der Waals surface area (Å²) >= 11 is 1.64. The normalized spacial score (nSPS) is 18.9. The fourth-order valence-corrected chi connectivity index (χ4v) is 3.38. The summed E-state index contributed by atoms with van der Waals surface area (Å²) in [6.45, 7) is 3.57. The number of hydrogen-bond donors (Lipinski definition) is 2. The van der Waals surface area contributed by atoms with Gasteiger partial charge in [-0.25, -0.2) is 4.79 Å². The molecule has 1 aromatic rings. The first-order chi connectivity index (χ1) is 9.61. The minimum Gasteiger partial charge on any atom is -0.481 e. The molecular weight excluding hydrogens is 276 g/mol. The molecule has 0 saturated carbocycles. The zero-order valence-electron chi connectivity index (χ0n) is 11.6. The molecule has 1 saturated heterocycles. The molecule has 5 nitrogen and oxygen atoms in total. The SMILES string of the molecule is CCc1ccsc1CNC(=O)N1CCC[C@H](C(=O)O)C1. The van der Waals surface area contributed by atoms with Crippen LogP contribution in [0.5, 0.6) is 0 Å². The van der Waals surface area contributed by atoms with Crippen LogP contribution < -0.4 is 5.32 Å². The second-order valence-corrected chi connectivity index (χ2v) is 6.01. The van der Waals surface area contributed by atoms with E-state index >= 15 is 0 Å². The molecule has 0 unspecified atom stereocenters. The third kappa shape index (κ3) is 3.50. The first kappa shape index (κ1) is 14.8. The van der Waals surface area contributed by atoms with Crippen molar-refractivity contribution < 1.29 is 14.7 Å². The molecule has 1 aromatic heterocycles. The van der Waals surface area contributed by atoms with Crippen LogP contribution in [0.2, 0.25) is 0 Å². The molecule has 2 amide bonds. The first-order valence-corrected chi connectivity index (χ1v) is 7.80. The molecule has 2 rings (SSSR count). The number of urea groups is 1. The van der Waals surface area contributed by atoms with E-state index < -0.39 is 11.9 Å². The molecule has 110 valence electrons. The highest BCUT2D eigenvalue weighted by Gasteiger charge is 2.27. The predicted octanol–water partition coefficient (Wildman–Crippen LogP) is 2.32. The van der Waals surface area contributed by atoms with Crippen LogP contribution in [0.25, 0.3) is 0 Å². The van der Waals surface area contributed by atoms with Crippen LogP contribution in [-0.4, -0.2) is 35.1 Å². The van der Waals surface area contributed by atoms with Crippen molar-refractivity contribution in [2.75, 3.05) is 13.1 Å². The summed E-state index contributed by atoms with van der Waals surface area (Å²) in [4.78, 5) is 25.9. The van der Waals surface area contributed by atoms with Gasteiger partial charge in [0.25, 0.3) is 0 Å².